The summed E-state index contributed by atoms with van der Waals surface area (Å²) < 4.78 is 0. The van der Waals surface area contributed by atoms with Gasteiger partial charge in [-0.1, -0.05) is 37.5 Å². The highest BCUT2D eigenvalue weighted by molar-refractivity contribution is 7.12. The molecule has 0 radical (unpaired) electrons. The van der Waals surface area contributed by atoms with Crippen LogP contribution in [0.4, 0.5) is 5.69 Å². The molecule has 0 saturated heterocycles. The summed E-state index contributed by atoms with van der Waals surface area (Å²) in [6.45, 7) is 1.85. The number of thiophene rings is 1. The first-order valence-electron chi connectivity index (χ1n) is 8.93. The number of hydrazone groups is 1. The van der Waals surface area contributed by atoms with E-state index in [0.29, 0.717) is 16.3 Å². The highest BCUT2D eigenvalue weighted by atomic mass is 32.1. The van der Waals surface area contributed by atoms with E-state index >= 15 is 0 Å². The van der Waals surface area contributed by atoms with E-state index in [1.165, 1.54) is 17.8 Å². The van der Waals surface area contributed by atoms with Crippen LogP contribution in [0.25, 0.3) is 0 Å². The number of rotatable bonds is 5. The third kappa shape index (κ3) is 4.79. The van der Waals surface area contributed by atoms with Crippen molar-refractivity contribution in [3.8, 4) is 0 Å². The summed E-state index contributed by atoms with van der Waals surface area (Å²) in [4.78, 5) is 25.0. The molecule has 1 aromatic carbocycles. The minimum Gasteiger partial charge on any atom is -0.321 e. The second kappa shape index (κ2) is 8.76. The Morgan fingerprint density at radius 3 is 2.65 bits per heavy atom. The average molecular weight is 369 g/mol. The number of carbonyl (C=O) groups is 2. The molecular weight excluding hydrogens is 346 g/mol. The summed E-state index contributed by atoms with van der Waals surface area (Å²) in [5.74, 6) is -0.0414. The fraction of sp³-hybridized carbons (Fsp3) is 0.350. The molecule has 0 bridgehead atoms. The first-order valence-corrected chi connectivity index (χ1v) is 9.81. The van der Waals surface area contributed by atoms with Crippen molar-refractivity contribution in [2.45, 2.75) is 39.0 Å². The predicted molar refractivity (Wildman–Crippen MR) is 106 cm³/mol. The van der Waals surface area contributed by atoms with Crippen LogP contribution < -0.4 is 10.7 Å². The molecule has 1 heterocycles. The van der Waals surface area contributed by atoms with E-state index in [2.05, 4.69) is 15.8 Å². The van der Waals surface area contributed by atoms with Crippen molar-refractivity contribution in [2.24, 2.45) is 11.0 Å². The Labute approximate surface area is 157 Å². The Morgan fingerprint density at radius 1 is 1.12 bits per heavy atom. The van der Waals surface area contributed by atoms with Crippen molar-refractivity contribution in [3.05, 3.63) is 52.2 Å². The molecular formula is C20H23N3O2S. The quantitative estimate of drug-likeness (QED) is 0.605. The summed E-state index contributed by atoms with van der Waals surface area (Å²) >= 11 is 1.40. The molecule has 1 aromatic heterocycles. The number of amides is 2. The fourth-order valence-corrected chi connectivity index (χ4v) is 3.70. The van der Waals surface area contributed by atoms with Crippen LogP contribution in [0.5, 0.6) is 0 Å². The van der Waals surface area contributed by atoms with Crippen LogP contribution in [0.3, 0.4) is 0 Å². The lowest BCUT2D eigenvalue weighted by Gasteiger charge is -2.19. The van der Waals surface area contributed by atoms with Crippen LogP contribution in [0.1, 0.15) is 54.3 Å². The number of nitrogens with zero attached hydrogens (tertiary/aromatic N) is 1. The molecule has 5 nitrogen and oxygen atoms in total. The van der Waals surface area contributed by atoms with E-state index in [4.69, 9.17) is 0 Å². The molecule has 0 unspecified atom stereocenters. The molecule has 0 atom stereocenters. The Balaban J connectivity index is 1.62. The summed E-state index contributed by atoms with van der Waals surface area (Å²) in [7, 11) is 0. The Kier molecular flexibility index (Phi) is 6.17. The monoisotopic (exact) mass is 369 g/mol. The van der Waals surface area contributed by atoms with Crippen molar-refractivity contribution in [1.82, 2.24) is 5.43 Å². The summed E-state index contributed by atoms with van der Waals surface area (Å²) in [5, 5.41) is 9.00. The normalized spacial score (nSPS) is 15.5. The largest absolute Gasteiger partial charge is 0.321 e. The van der Waals surface area contributed by atoms with E-state index in [1.807, 2.05) is 42.6 Å². The highest BCUT2D eigenvalue weighted by Gasteiger charge is 2.20. The standard InChI is InChI=1S/C20H23N3O2S/c1-14(22-23-19(24)15-7-3-2-4-8-15)16-9-5-10-17(13-16)21-20(25)18-11-6-12-26-18/h5-6,9-13,15H,2-4,7-8H2,1H3,(H,21,25)(H,23,24). The third-order valence-corrected chi connectivity index (χ3v) is 5.46. The average Bonchev–Trinajstić information content (AvgIpc) is 3.22. The molecule has 2 N–H and O–H groups in total. The molecule has 3 rings (SSSR count). The van der Waals surface area contributed by atoms with E-state index in [-0.39, 0.29) is 17.7 Å². The van der Waals surface area contributed by atoms with Crippen molar-refractivity contribution >= 4 is 34.6 Å². The molecule has 2 aromatic rings. The molecule has 26 heavy (non-hydrogen) atoms. The van der Waals surface area contributed by atoms with E-state index in [0.717, 1.165) is 31.2 Å². The Morgan fingerprint density at radius 2 is 1.92 bits per heavy atom. The van der Waals surface area contributed by atoms with Gasteiger partial charge in [-0.15, -0.1) is 11.3 Å². The van der Waals surface area contributed by atoms with Gasteiger partial charge in [0.2, 0.25) is 5.91 Å². The SMILES string of the molecule is CC(=NNC(=O)C1CCCCC1)c1cccc(NC(=O)c2cccs2)c1. The second-order valence-corrected chi connectivity index (χ2v) is 7.47. The van der Waals surface area contributed by atoms with Crippen molar-refractivity contribution in [3.63, 3.8) is 0 Å². The summed E-state index contributed by atoms with van der Waals surface area (Å²) in [6.07, 6.45) is 5.35. The fourth-order valence-electron chi connectivity index (χ4n) is 3.08. The van der Waals surface area contributed by atoms with Crippen LogP contribution in [-0.4, -0.2) is 17.5 Å². The lowest BCUT2D eigenvalue weighted by molar-refractivity contribution is -0.125. The molecule has 2 amide bonds. The van der Waals surface area contributed by atoms with Gasteiger partial charge in [0, 0.05) is 11.6 Å². The van der Waals surface area contributed by atoms with Gasteiger partial charge in [0.1, 0.15) is 0 Å². The summed E-state index contributed by atoms with van der Waals surface area (Å²) in [6, 6.07) is 11.1. The second-order valence-electron chi connectivity index (χ2n) is 6.52. The van der Waals surface area contributed by atoms with Gasteiger partial charge in [-0.3, -0.25) is 9.59 Å². The van der Waals surface area contributed by atoms with Crippen LogP contribution in [0.2, 0.25) is 0 Å². The van der Waals surface area contributed by atoms with Crippen LogP contribution in [0, 0.1) is 5.92 Å². The van der Waals surface area contributed by atoms with Gasteiger partial charge in [0.05, 0.1) is 10.6 Å². The van der Waals surface area contributed by atoms with Gasteiger partial charge in [0.15, 0.2) is 0 Å². The number of hydrogen-bond acceptors (Lipinski definition) is 4. The highest BCUT2D eigenvalue weighted by Crippen LogP contribution is 2.23. The van der Waals surface area contributed by atoms with Crippen molar-refractivity contribution in [2.75, 3.05) is 5.32 Å². The molecule has 1 aliphatic rings. The maximum atomic E-state index is 12.2. The minimum atomic E-state index is -0.127. The Hall–Kier alpha value is -2.47. The topological polar surface area (TPSA) is 70.6 Å². The van der Waals surface area contributed by atoms with Gasteiger partial charge in [-0.2, -0.15) is 5.10 Å². The van der Waals surface area contributed by atoms with E-state index < -0.39 is 0 Å². The van der Waals surface area contributed by atoms with E-state index in [9.17, 15) is 9.59 Å². The lowest BCUT2D eigenvalue weighted by Crippen LogP contribution is -2.29. The molecule has 0 aliphatic heterocycles. The van der Waals surface area contributed by atoms with Crippen LogP contribution >= 0.6 is 11.3 Å². The van der Waals surface area contributed by atoms with Gasteiger partial charge in [-0.25, -0.2) is 5.43 Å². The number of nitrogens with one attached hydrogen (secondary N) is 2. The zero-order chi connectivity index (χ0) is 18.4. The molecule has 1 fully saturated rings. The van der Waals surface area contributed by atoms with Gasteiger partial charge in [-0.05, 0) is 48.9 Å². The smallest absolute Gasteiger partial charge is 0.265 e. The maximum Gasteiger partial charge on any atom is 0.265 e. The molecule has 1 aliphatic carbocycles. The first-order chi connectivity index (χ1) is 12.6. The maximum absolute atomic E-state index is 12.2. The number of carbonyl (C=O) groups excluding carboxylic acids is 2. The van der Waals surface area contributed by atoms with Gasteiger partial charge in [0.25, 0.3) is 5.91 Å². The van der Waals surface area contributed by atoms with Crippen molar-refractivity contribution in [1.29, 1.82) is 0 Å². The van der Waals surface area contributed by atoms with Crippen LogP contribution in [0.15, 0.2) is 46.9 Å². The molecule has 6 heteroatoms. The van der Waals surface area contributed by atoms with Crippen LogP contribution in [-0.2, 0) is 4.79 Å². The molecule has 0 spiro atoms. The predicted octanol–water partition coefficient (Wildman–Crippen LogP) is 4.42. The number of benzene rings is 1. The lowest BCUT2D eigenvalue weighted by atomic mass is 9.89. The molecule has 1 saturated carbocycles. The van der Waals surface area contributed by atoms with Gasteiger partial charge < -0.3 is 5.32 Å². The van der Waals surface area contributed by atoms with Gasteiger partial charge >= 0.3 is 0 Å². The zero-order valence-corrected chi connectivity index (χ0v) is 15.6. The first kappa shape index (κ1) is 18.3. The zero-order valence-electron chi connectivity index (χ0n) is 14.8. The van der Waals surface area contributed by atoms with E-state index in [1.54, 1.807) is 6.07 Å². The Bertz CT molecular complexity index is 793. The minimum absolute atomic E-state index is 0.00574. The number of anilines is 1. The third-order valence-electron chi connectivity index (χ3n) is 4.59. The van der Waals surface area contributed by atoms with Crippen molar-refractivity contribution < 1.29 is 9.59 Å². The molecule has 136 valence electrons. The number of hydrogen-bond donors (Lipinski definition) is 2. The summed E-state index contributed by atoms with van der Waals surface area (Å²) in [5.41, 5.74) is 4.97.